The van der Waals surface area contributed by atoms with E-state index in [4.69, 9.17) is 31.5 Å². The molecular weight excluding hydrogens is 278 g/mol. The lowest BCUT2D eigenvalue weighted by Crippen LogP contribution is -2.15. The van der Waals surface area contributed by atoms with E-state index < -0.39 is 0 Å². The van der Waals surface area contributed by atoms with Gasteiger partial charge in [0, 0.05) is 18.2 Å². The van der Waals surface area contributed by atoms with E-state index in [2.05, 4.69) is 0 Å². The first kappa shape index (κ1) is 15.4. The van der Waals surface area contributed by atoms with Crippen molar-refractivity contribution >= 4 is 11.6 Å². The fraction of sp³-hybridized carbons (Fsp3) is 0.600. The molecule has 0 bridgehead atoms. The van der Waals surface area contributed by atoms with Gasteiger partial charge < -0.3 is 19.9 Å². The predicted octanol–water partition coefficient (Wildman–Crippen LogP) is 3.32. The third-order valence-corrected chi connectivity index (χ3v) is 4.10. The van der Waals surface area contributed by atoms with Gasteiger partial charge in [0.05, 0.1) is 20.3 Å². The molecule has 1 saturated heterocycles. The van der Waals surface area contributed by atoms with Crippen molar-refractivity contribution in [2.75, 3.05) is 20.8 Å². The van der Waals surface area contributed by atoms with E-state index in [1.54, 1.807) is 14.2 Å². The van der Waals surface area contributed by atoms with Crippen molar-refractivity contribution in [1.29, 1.82) is 0 Å². The number of nitrogens with two attached hydrogens (primary N) is 1. The fourth-order valence-electron chi connectivity index (χ4n) is 2.60. The third-order valence-electron chi connectivity index (χ3n) is 3.74. The summed E-state index contributed by atoms with van der Waals surface area (Å²) in [5.74, 6) is 1.20. The van der Waals surface area contributed by atoms with Crippen LogP contribution in [0.4, 0.5) is 0 Å². The van der Waals surface area contributed by atoms with Crippen LogP contribution in [0.3, 0.4) is 0 Å². The summed E-state index contributed by atoms with van der Waals surface area (Å²) >= 11 is 6.26. The Kier molecular flexibility index (Phi) is 5.52. The summed E-state index contributed by atoms with van der Waals surface area (Å²) in [4.78, 5) is 0. The molecule has 5 heteroatoms. The molecule has 2 unspecified atom stereocenters. The van der Waals surface area contributed by atoms with E-state index in [1.807, 2.05) is 12.1 Å². The maximum absolute atomic E-state index is 6.27. The zero-order chi connectivity index (χ0) is 14.5. The normalized spacial score (nSPS) is 19.9. The Labute approximate surface area is 125 Å². The van der Waals surface area contributed by atoms with Crippen molar-refractivity contribution in [3.63, 3.8) is 0 Å². The molecule has 112 valence electrons. The Morgan fingerprint density at radius 2 is 2.20 bits per heavy atom. The minimum Gasteiger partial charge on any atom is -0.495 e. The Hall–Kier alpha value is -0.970. The maximum Gasteiger partial charge on any atom is 0.146 e. The van der Waals surface area contributed by atoms with Crippen LogP contribution in [0.5, 0.6) is 11.5 Å². The van der Waals surface area contributed by atoms with Gasteiger partial charge >= 0.3 is 0 Å². The van der Waals surface area contributed by atoms with Gasteiger partial charge in [0.2, 0.25) is 0 Å². The summed E-state index contributed by atoms with van der Waals surface area (Å²) in [5, 5.41) is 0.472. The van der Waals surface area contributed by atoms with Crippen LogP contribution in [0.2, 0.25) is 5.02 Å². The van der Waals surface area contributed by atoms with Gasteiger partial charge in [-0.15, -0.1) is 0 Å². The van der Waals surface area contributed by atoms with Crippen LogP contribution in [0.15, 0.2) is 12.1 Å². The average Bonchev–Trinajstić information content (AvgIpc) is 2.97. The molecule has 2 atom stereocenters. The second kappa shape index (κ2) is 7.16. The van der Waals surface area contributed by atoms with Gasteiger partial charge in [-0.3, -0.25) is 0 Å². The highest BCUT2D eigenvalue weighted by Gasteiger charge is 2.21. The summed E-state index contributed by atoms with van der Waals surface area (Å²) in [5.41, 5.74) is 7.19. The molecule has 0 saturated carbocycles. The van der Waals surface area contributed by atoms with Crippen molar-refractivity contribution in [3.05, 3.63) is 22.7 Å². The van der Waals surface area contributed by atoms with Gasteiger partial charge in [-0.1, -0.05) is 11.6 Å². The van der Waals surface area contributed by atoms with E-state index in [0.717, 1.165) is 37.9 Å². The number of hydrogen-bond acceptors (Lipinski definition) is 4. The number of hydrogen-bond donors (Lipinski definition) is 1. The molecule has 2 N–H and O–H groups in total. The SMILES string of the molecule is COc1ccc(C(N)CCC2CCCO2)c(OC)c1Cl. The minimum absolute atomic E-state index is 0.113. The molecule has 1 aliphatic rings. The Morgan fingerprint density at radius 3 is 2.80 bits per heavy atom. The lowest BCUT2D eigenvalue weighted by molar-refractivity contribution is 0.101. The highest BCUT2D eigenvalue weighted by molar-refractivity contribution is 6.33. The van der Waals surface area contributed by atoms with Gasteiger partial charge in [-0.05, 0) is 37.8 Å². The molecule has 0 aliphatic carbocycles. The van der Waals surface area contributed by atoms with Gasteiger partial charge in [-0.25, -0.2) is 0 Å². The molecule has 1 aliphatic heterocycles. The number of methoxy groups -OCH3 is 2. The first-order valence-electron chi connectivity index (χ1n) is 6.95. The smallest absolute Gasteiger partial charge is 0.146 e. The number of rotatable bonds is 6. The molecule has 1 heterocycles. The van der Waals surface area contributed by atoms with E-state index in [-0.39, 0.29) is 6.04 Å². The molecule has 1 aromatic carbocycles. The maximum atomic E-state index is 6.27. The first-order valence-corrected chi connectivity index (χ1v) is 7.32. The highest BCUT2D eigenvalue weighted by Crippen LogP contribution is 2.40. The highest BCUT2D eigenvalue weighted by atomic mass is 35.5. The zero-order valence-electron chi connectivity index (χ0n) is 12.0. The molecule has 1 aromatic rings. The van der Waals surface area contributed by atoms with Gasteiger partial charge in [0.15, 0.2) is 0 Å². The quantitative estimate of drug-likeness (QED) is 0.875. The standard InChI is InChI=1S/C15H22ClNO3/c1-18-13-8-6-11(15(19-2)14(13)16)12(17)7-5-10-4-3-9-20-10/h6,8,10,12H,3-5,7,9,17H2,1-2H3. The van der Waals surface area contributed by atoms with Crippen LogP contribution in [0.25, 0.3) is 0 Å². The number of ether oxygens (including phenoxy) is 3. The first-order chi connectivity index (χ1) is 9.67. The lowest BCUT2D eigenvalue weighted by Gasteiger charge is -2.19. The topological polar surface area (TPSA) is 53.7 Å². The fourth-order valence-corrected chi connectivity index (χ4v) is 2.93. The minimum atomic E-state index is -0.113. The van der Waals surface area contributed by atoms with E-state index in [1.165, 1.54) is 0 Å². The average molecular weight is 300 g/mol. The van der Waals surface area contributed by atoms with E-state index >= 15 is 0 Å². The van der Waals surface area contributed by atoms with Crippen LogP contribution in [0.1, 0.15) is 37.3 Å². The summed E-state index contributed by atoms with van der Waals surface area (Å²) < 4.78 is 16.2. The molecule has 0 amide bonds. The van der Waals surface area contributed by atoms with Gasteiger partial charge in [0.1, 0.15) is 16.5 Å². The van der Waals surface area contributed by atoms with Crippen molar-refractivity contribution in [2.45, 2.75) is 37.8 Å². The van der Waals surface area contributed by atoms with Crippen molar-refractivity contribution < 1.29 is 14.2 Å². The zero-order valence-corrected chi connectivity index (χ0v) is 12.8. The van der Waals surface area contributed by atoms with Crippen molar-refractivity contribution in [3.8, 4) is 11.5 Å². The van der Waals surface area contributed by atoms with Crippen LogP contribution < -0.4 is 15.2 Å². The van der Waals surface area contributed by atoms with Crippen LogP contribution in [0, 0.1) is 0 Å². The Bertz CT molecular complexity index is 447. The van der Waals surface area contributed by atoms with E-state index in [9.17, 15) is 0 Å². The Morgan fingerprint density at radius 1 is 1.40 bits per heavy atom. The predicted molar refractivity (Wildman–Crippen MR) is 79.7 cm³/mol. The van der Waals surface area contributed by atoms with E-state index in [0.29, 0.717) is 22.6 Å². The number of halogens is 1. The second-order valence-electron chi connectivity index (χ2n) is 5.02. The molecule has 0 spiro atoms. The Balaban J connectivity index is 2.08. The van der Waals surface area contributed by atoms with Crippen LogP contribution in [-0.4, -0.2) is 26.9 Å². The van der Waals surface area contributed by atoms with Crippen molar-refractivity contribution in [2.24, 2.45) is 5.73 Å². The lowest BCUT2D eigenvalue weighted by atomic mass is 9.99. The van der Waals surface area contributed by atoms with Crippen LogP contribution >= 0.6 is 11.6 Å². The van der Waals surface area contributed by atoms with Crippen molar-refractivity contribution in [1.82, 2.24) is 0 Å². The second-order valence-corrected chi connectivity index (χ2v) is 5.40. The largest absolute Gasteiger partial charge is 0.495 e. The summed E-state index contributed by atoms with van der Waals surface area (Å²) in [6, 6.07) is 3.63. The summed E-state index contributed by atoms with van der Waals surface area (Å²) in [6.45, 7) is 0.873. The third kappa shape index (κ3) is 3.37. The van der Waals surface area contributed by atoms with Gasteiger partial charge in [-0.2, -0.15) is 0 Å². The molecule has 1 fully saturated rings. The van der Waals surface area contributed by atoms with Gasteiger partial charge in [0.25, 0.3) is 0 Å². The summed E-state index contributed by atoms with van der Waals surface area (Å²) in [6.07, 6.45) is 4.45. The molecule has 4 nitrogen and oxygen atoms in total. The molecule has 0 aromatic heterocycles. The molecule has 20 heavy (non-hydrogen) atoms. The van der Waals surface area contributed by atoms with Crippen LogP contribution in [-0.2, 0) is 4.74 Å². The molecule has 0 radical (unpaired) electrons. The summed E-state index contributed by atoms with van der Waals surface area (Å²) in [7, 11) is 3.18. The molecule has 2 rings (SSSR count). The monoisotopic (exact) mass is 299 g/mol. The molecular formula is C15H22ClNO3. The number of benzene rings is 1.